The van der Waals surface area contributed by atoms with Crippen molar-refractivity contribution in [1.29, 1.82) is 0 Å². The zero-order valence-corrected chi connectivity index (χ0v) is 18.3. The van der Waals surface area contributed by atoms with Gasteiger partial charge in [-0.25, -0.2) is 0 Å². The van der Waals surface area contributed by atoms with Crippen molar-refractivity contribution in [3.05, 3.63) is 102 Å². The molecule has 3 aliphatic heterocycles. The van der Waals surface area contributed by atoms with Crippen LogP contribution >= 0.6 is 0 Å². The van der Waals surface area contributed by atoms with Gasteiger partial charge in [-0.1, -0.05) is 72.8 Å². The van der Waals surface area contributed by atoms with Crippen LogP contribution in [0.5, 0.6) is 5.75 Å². The number of benzene rings is 3. The third-order valence-corrected chi connectivity index (χ3v) is 7.23. The van der Waals surface area contributed by atoms with Crippen molar-refractivity contribution in [2.24, 2.45) is 5.92 Å². The average molecular weight is 413 g/mol. The number of nitrogens with zero attached hydrogens (tertiary/aromatic N) is 1. The van der Waals surface area contributed by atoms with Gasteiger partial charge in [-0.15, -0.1) is 0 Å². The third-order valence-electron chi connectivity index (χ3n) is 7.23. The van der Waals surface area contributed by atoms with E-state index in [4.69, 9.17) is 4.74 Å². The van der Waals surface area contributed by atoms with Gasteiger partial charge >= 0.3 is 0 Å². The van der Waals surface area contributed by atoms with Crippen LogP contribution in [0.3, 0.4) is 0 Å². The van der Waals surface area contributed by atoms with Gasteiger partial charge in [-0.05, 0) is 60.7 Å². The minimum Gasteiger partial charge on any atom is -0.497 e. The Morgan fingerprint density at radius 2 is 1.42 bits per heavy atom. The molecule has 0 aliphatic carbocycles. The number of piperidine rings is 3. The minimum absolute atomic E-state index is 0.374. The first-order valence-electron chi connectivity index (χ1n) is 11.5. The van der Waals surface area contributed by atoms with Crippen LogP contribution in [0, 0.1) is 5.92 Å². The number of methoxy groups -OCH3 is 1. The Labute approximate surface area is 186 Å². The van der Waals surface area contributed by atoms with E-state index in [2.05, 4.69) is 95.1 Å². The molecule has 2 unspecified atom stereocenters. The molecule has 2 bridgehead atoms. The van der Waals surface area contributed by atoms with E-state index in [0.29, 0.717) is 18.0 Å². The molecule has 3 nitrogen and oxygen atoms in total. The fourth-order valence-corrected chi connectivity index (χ4v) is 5.67. The molecule has 0 spiro atoms. The number of hydrogen-bond acceptors (Lipinski definition) is 3. The van der Waals surface area contributed by atoms with Gasteiger partial charge in [0.2, 0.25) is 0 Å². The van der Waals surface area contributed by atoms with E-state index in [-0.39, 0.29) is 0 Å². The van der Waals surface area contributed by atoms with Crippen molar-refractivity contribution in [1.82, 2.24) is 10.2 Å². The Bertz CT molecular complexity index is 910. The lowest BCUT2D eigenvalue weighted by Crippen LogP contribution is -2.64. The molecule has 3 aromatic rings. The summed E-state index contributed by atoms with van der Waals surface area (Å²) in [6.07, 6.45) is 2.60. The summed E-state index contributed by atoms with van der Waals surface area (Å²) in [5.41, 5.74) is 4.15. The first-order chi connectivity index (χ1) is 15.3. The standard InChI is InChI=1S/C28H32N2O/c1-31-25-14-12-21(13-15-25)20-29-27-24-16-18-30(19-17-24)28(27)26(22-8-4-2-5-9-22)23-10-6-3-7-11-23/h2-15,24,26-29H,16-20H2,1H3. The maximum Gasteiger partial charge on any atom is 0.118 e. The summed E-state index contributed by atoms with van der Waals surface area (Å²) in [6, 6.07) is 31.6. The number of nitrogens with one attached hydrogen (secondary N) is 1. The first-order valence-corrected chi connectivity index (χ1v) is 11.5. The lowest BCUT2D eigenvalue weighted by Gasteiger charge is -2.54. The lowest BCUT2D eigenvalue weighted by atomic mass is 9.70. The maximum absolute atomic E-state index is 5.32. The Kier molecular flexibility index (Phi) is 6.06. The van der Waals surface area contributed by atoms with Crippen molar-refractivity contribution in [3.63, 3.8) is 0 Å². The summed E-state index contributed by atoms with van der Waals surface area (Å²) >= 11 is 0. The van der Waals surface area contributed by atoms with Crippen molar-refractivity contribution < 1.29 is 4.74 Å². The predicted octanol–water partition coefficient (Wildman–Crippen LogP) is 5.08. The average Bonchev–Trinajstić information content (AvgIpc) is 2.86. The molecule has 2 atom stereocenters. The van der Waals surface area contributed by atoms with Crippen LogP contribution in [0.15, 0.2) is 84.9 Å². The van der Waals surface area contributed by atoms with Crippen molar-refractivity contribution >= 4 is 0 Å². The zero-order chi connectivity index (χ0) is 21.0. The quantitative estimate of drug-likeness (QED) is 0.586. The SMILES string of the molecule is COc1ccc(CNC2C3CCN(CC3)C2C(c2ccccc2)c2ccccc2)cc1. The molecule has 0 aromatic heterocycles. The van der Waals surface area contributed by atoms with Gasteiger partial charge in [0, 0.05) is 24.5 Å². The van der Waals surface area contributed by atoms with Crippen molar-refractivity contribution in [2.75, 3.05) is 20.2 Å². The molecular weight excluding hydrogens is 380 g/mol. The number of fused-ring (bicyclic) bond motifs is 3. The van der Waals surface area contributed by atoms with E-state index >= 15 is 0 Å². The monoisotopic (exact) mass is 412 g/mol. The Morgan fingerprint density at radius 1 is 0.839 bits per heavy atom. The van der Waals surface area contributed by atoms with Crippen LogP contribution in [-0.2, 0) is 6.54 Å². The normalized spacial score (nSPS) is 25.0. The van der Waals surface area contributed by atoms with Gasteiger partial charge in [0.25, 0.3) is 0 Å². The summed E-state index contributed by atoms with van der Waals surface area (Å²) in [5.74, 6) is 2.03. The molecular formula is C28H32N2O. The summed E-state index contributed by atoms with van der Waals surface area (Å²) in [5, 5.41) is 3.99. The molecule has 6 rings (SSSR count). The van der Waals surface area contributed by atoms with E-state index in [1.54, 1.807) is 7.11 Å². The first kappa shape index (κ1) is 20.3. The number of hydrogen-bond donors (Lipinski definition) is 1. The summed E-state index contributed by atoms with van der Waals surface area (Å²) in [7, 11) is 1.72. The van der Waals surface area contributed by atoms with Crippen LogP contribution in [0.2, 0.25) is 0 Å². The van der Waals surface area contributed by atoms with E-state index in [9.17, 15) is 0 Å². The lowest BCUT2D eigenvalue weighted by molar-refractivity contribution is 0.00468. The molecule has 31 heavy (non-hydrogen) atoms. The second-order valence-corrected chi connectivity index (χ2v) is 8.92. The van der Waals surface area contributed by atoms with Gasteiger partial charge in [0.1, 0.15) is 5.75 Å². The van der Waals surface area contributed by atoms with E-state index < -0.39 is 0 Å². The highest BCUT2D eigenvalue weighted by Crippen LogP contribution is 2.42. The molecule has 3 heterocycles. The number of rotatable bonds is 7. The minimum atomic E-state index is 0.374. The molecule has 0 amide bonds. The zero-order valence-electron chi connectivity index (χ0n) is 18.3. The molecule has 3 fully saturated rings. The van der Waals surface area contributed by atoms with Crippen LogP contribution in [0.25, 0.3) is 0 Å². The molecule has 3 saturated heterocycles. The summed E-state index contributed by atoms with van der Waals surface area (Å²) in [6.45, 7) is 3.32. The predicted molar refractivity (Wildman–Crippen MR) is 126 cm³/mol. The molecule has 3 heteroatoms. The maximum atomic E-state index is 5.32. The second-order valence-electron chi connectivity index (χ2n) is 8.92. The van der Waals surface area contributed by atoms with Gasteiger partial charge in [-0.2, -0.15) is 0 Å². The van der Waals surface area contributed by atoms with Crippen LogP contribution < -0.4 is 10.1 Å². The van der Waals surface area contributed by atoms with Gasteiger partial charge in [0.15, 0.2) is 0 Å². The van der Waals surface area contributed by atoms with E-state index in [1.807, 2.05) is 0 Å². The van der Waals surface area contributed by atoms with E-state index in [0.717, 1.165) is 18.2 Å². The summed E-state index contributed by atoms with van der Waals surface area (Å²) < 4.78 is 5.32. The fourth-order valence-electron chi connectivity index (χ4n) is 5.67. The number of ether oxygens (including phenoxy) is 1. The topological polar surface area (TPSA) is 24.5 Å². The molecule has 1 N–H and O–H groups in total. The van der Waals surface area contributed by atoms with Crippen LogP contribution in [0.1, 0.15) is 35.4 Å². The highest BCUT2D eigenvalue weighted by Gasteiger charge is 2.46. The molecule has 0 radical (unpaired) electrons. The highest BCUT2D eigenvalue weighted by atomic mass is 16.5. The smallest absolute Gasteiger partial charge is 0.118 e. The van der Waals surface area contributed by atoms with Crippen molar-refractivity contribution in [3.8, 4) is 5.75 Å². The third kappa shape index (κ3) is 4.26. The van der Waals surface area contributed by atoms with Gasteiger partial charge in [0.05, 0.1) is 7.11 Å². The van der Waals surface area contributed by atoms with Crippen LogP contribution in [-0.4, -0.2) is 37.2 Å². The fraction of sp³-hybridized carbons (Fsp3) is 0.357. The Morgan fingerprint density at radius 3 is 1.97 bits per heavy atom. The molecule has 0 saturated carbocycles. The molecule has 3 aromatic carbocycles. The highest BCUT2D eigenvalue weighted by molar-refractivity contribution is 5.36. The molecule has 160 valence electrons. The Balaban J connectivity index is 1.46. The van der Waals surface area contributed by atoms with Crippen molar-refractivity contribution in [2.45, 2.75) is 37.4 Å². The largest absolute Gasteiger partial charge is 0.497 e. The van der Waals surface area contributed by atoms with Gasteiger partial charge < -0.3 is 10.1 Å². The van der Waals surface area contributed by atoms with E-state index in [1.165, 1.54) is 42.6 Å². The second kappa shape index (κ2) is 9.25. The summed E-state index contributed by atoms with van der Waals surface area (Å²) in [4.78, 5) is 2.75. The van der Waals surface area contributed by atoms with Crippen LogP contribution in [0.4, 0.5) is 0 Å². The molecule has 3 aliphatic rings. The van der Waals surface area contributed by atoms with Gasteiger partial charge in [-0.3, -0.25) is 4.90 Å². The Hall–Kier alpha value is -2.62.